The number of carboxylic acid groups (broad SMARTS) is 1. The van der Waals surface area contributed by atoms with Crippen LogP contribution in [0.25, 0.3) is 0 Å². The van der Waals surface area contributed by atoms with Crippen LogP contribution in [0.5, 0.6) is 0 Å². The number of fused-ring (bicyclic) bond motifs is 1. The average Bonchev–Trinajstić information content (AvgIpc) is 2.81. The number of aryl methyl sites for hydroxylation is 1. The lowest BCUT2D eigenvalue weighted by molar-refractivity contribution is 0.0698. The zero-order valence-corrected chi connectivity index (χ0v) is 10.8. The summed E-state index contributed by atoms with van der Waals surface area (Å²) in [7, 11) is 0. The molecule has 2 aromatic carbocycles. The molecule has 1 aliphatic carbocycles. The van der Waals surface area contributed by atoms with E-state index < -0.39 is 5.97 Å². The lowest BCUT2D eigenvalue weighted by atomic mass is 10.1. The van der Waals surface area contributed by atoms with Crippen LogP contribution in [0, 0.1) is 5.82 Å². The van der Waals surface area contributed by atoms with E-state index in [1.807, 2.05) is 0 Å². The van der Waals surface area contributed by atoms with Crippen LogP contribution in [0.3, 0.4) is 0 Å². The van der Waals surface area contributed by atoms with Crippen LogP contribution in [0.1, 0.15) is 33.9 Å². The maximum atomic E-state index is 13.2. The normalized spacial score (nSPS) is 16.8. The number of para-hydroxylation sites is 1. The minimum Gasteiger partial charge on any atom is -0.478 e. The quantitative estimate of drug-likeness (QED) is 0.896. The van der Waals surface area contributed by atoms with Crippen LogP contribution in [0.4, 0.5) is 10.1 Å². The number of benzene rings is 2. The molecule has 102 valence electrons. The Morgan fingerprint density at radius 2 is 2.05 bits per heavy atom. The van der Waals surface area contributed by atoms with E-state index in [0.29, 0.717) is 5.69 Å². The van der Waals surface area contributed by atoms with E-state index in [0.717, 1.165) is 24.0 Å². The van der Waals surface area contributed by atoms with Crippen molar-refractivity contribution in [1.82, 2.24) is 0 Å². The molecule has 2 N–H and O–H groups in total. The molecule has 0 radical (unpaired) electrons. The first kappa shape index (κ1) is 12.7. The zero-order valence-electron chi connectivity index (χ0n) is 10.8. The van der Waals surface area contributed by atoms with Gasteiger partial charge in [-0.2, -0.15) is 0 Å². The molecule has 0 fully saturated rings. The van der Waals surface area contributed by atoms with Crippen LogP contribution in [0.2, 0.25) is 0 Å². The average molecular weight is 271 g/mol. The molecule has 1 aliphatic rings. The molecule has 20 heavy (non-hydrogen) atoms. The van der Waals surface area contributed by atoms with Gasteiger partial charge in [-0.05, 0) is 48.2 Å². The fourth-order valence-electron chi connectivity index (χ4n) is 2.72. The minimum atomic E-state index is -0.953. The fraction of sp³-hybridized carbons (Fsp3) is 0.188. The van der Waals surface area contributed by atoms with Gasteiger partial charge in [0.05, 0.1) is 11.6 Å². The monoisotopic (exact) mass is 271 g/mol. The van der Waals surface area contributed by atoms with Crippen molar-refractivity contribution in [2.45, 2.75) is 18.9 Å². The Bertz CT molecular complexity index is 669. The first-order valence-corrected chi connectivity index (χ1v) is 6.52. The lowest BCUT2D eigenvalue weighted by Crippen LogP contribution is -2.11. The lowest BCUT2D eigenvalue weighted by Gasteiger charge is -2.17. The first-order valence-electron chi connectivity index (χ1n) is 6.52. The maximum absolute atomic E-state index is 13.2. The van der Waals surface area contributed by atoms with Gasteiger partial charge >= 0.3 is 5.97 Å². The van der Waals surface area contributed by atoms with Gasteiger partial charge in [-0.15, -0.1) is 0 Å². The second-order valence-electron chi connectivity index (χ2n) is 4.93. The number of hydrogen-bond donors (Lipinski definition) is 2. The molecule has 2 aromatic rings. The molecule has 0 amide bonds. The van der Waals surface area contributed by atoms with Gasteiger partial charge in [0.15, 0.2) is 0 Å². The summed E-state index contributed by atoms with van der Waals surface area (Å²) < 4.78 is 13.2. The Kier molecular flexibility index (Phi) is 3.14. The van der Waals surface area contributed by atoms with E-state index in [4.69, 9.17) is 0 Å². The number of nitrogens with one attached hydrogen (secondary N) is 1. The fourth-order valence-corrected chi connectivity index (χ4v) is 2.72. The molecule has 0 heterocycles. The molecule has 3 rings (SSSR count). The number of anilines is 1. The van der Waals surface area contributed by atoms with Gasteiger partial charge in [0.1, 0.15) is 5.82 Å². The minimum absolute atomic E-state index is 0.0334. The van der Waals surface area contributed by atoms with Crippen LogP contribution in [0.15, 0.2) is 42.5 Å². The predicted octanol–water partition coefficient (Wildman–Crippen LogP) is 3.62. The number of aromatic carboxylic acids is 1. The van der Waals surface area contributed by atoms with Gasteiger partial charge in [-0.1, -0.05) is 18.2 Å². The molecule has 1 atom stereocenters. The highest BCUT2D eigenvalue weighted by molar-refractivity contribution is 5.94. The SMILES string of the molecule is O=C(O)c1ccccc1NC1CCc2cc(F)ccc21. The highest BCUT2D eigenvalue weighted by Gasteiger charge is 2.23. The molecule has 0 bridgehead atoms. The van der Waals surface area contributed by atoms with Gasteiger partial charge in [-0.25, -0.2) is 9.18 Å². The summed E-state index contributed by atoms with van der Waals surface area (Å²) in [5.41, 5.74) is 2.90. The Labute approximate surface area is 116 Å². The summed E-state index contributed by atoms with van der Waals surface area (Å²) in [5, 5.41) is 12.4. The van der Waals surface area contributed by atoms with Gasteiger partial charge in [0.2, 0.25) is 0 Å². The standard InChI is InChI=1S/C16H14FNO2/c17-11-6-7-12-10(9-11)5-8-15(12)18-14-4-2-1-3-13(14)16(19)20/h1-4,6-7,9,15,18H,5,8H2,(H,19,20). The van der Waals surface area contributed by atoms with Gasteiger partial charge < -0.3 is 10.4 Å². The van der Waals surface area contributed by atoms with Crippen molar-refractivity contribution in [2.24, 2.45) is 0 Å². The van der Waals surface area contributed by atoms with Crippen molar-refractivity contribution in [3.8, 4) is 0 Å². The number of carbonyl (C=O) groups is 1. The number of carboxylic acids is 1. The summed E-state index contributed by atoms with van der Waals surface area (Å²) in [6.45, 7) is 0. The Morgan fingerprint density at radius 1 is 1.25 bits per heavy atom. The Balaban J connectivity index is 1.90. The summed E-state index contributed by atoms with van der Waals surface area (Å²) in [5.74, 6) is -1.18. The van der Waals surface area contributed by atoms with Crippen LogP contribution in [-0.2, 0) is 6.42 Å². The van der Waals surface area contributed by atoms with Crippen molar-refractivity contribution in [1.29, 1.82) is 0 Å². The second-order valence-corrected chi connectivity index (χ2v) is 4.93. The van der Waals surface area contributed by atoms with E-state index >= 15 is 0 Å². The molecule has 1 unspecified atom stereocenters. The third-order valence-electron chi connectivity index (χ3n) is 3.67. The highest BCUT2D eigenvalue weighted by Crippen LogP contribution is 2.34. The van der Waals surface area contributed by atoms with E-state index in [2.05, 4.69) is 5.32 Å². The molecule has 0 aliphatic heterocycles. The molecular formula is C16H14FNO2. The molecule has 0 saturated carbocycles. The second kappa shape index (κ2) is 4.96. The number of rotatable bonds is 3. The smallest absolute Gasteiger partial charge is 0.337 e. The van der Waals surface area contributed by atoms with Crippen LogP contribution in [-0.4, -0.2) is 11.1 Å². The largest absolute Gasteiger partial charge is 0.478 e. The van der Waals surface area contributed by atoms with Crippen molar-refractivity contribution in [3.63, 3.8) is 0 Å². The van der Waals surface area contributed by atoms with Crippen molar-refractivity contribution in [3.05, 3.63) is 65.0 Å². The molecule has 4 heteroatoms. The highest BCUT2D eigenvalue weighted by atomic mass is 19.1. The van der Waals surface area contributed by atoms with Gasteiger partial charge in [0, 0.05) is 5.69 Å². The van der Waals surface area contributed by atoms with E-state index in [9.17, 15) is 14.3 Å². The summed E-state index contributed by atoms with van der Waals surface area (Å²) in [6.07, 6.45) is 1.65. The summed E-state index contributed by atoms with van der Waals surface area (Å²) >= 11 is 0. The van der Waals surface area contributed by atoms with Gasteiger partial charge in [-0.3, -0.25) is 0 Å². The maximum Gasteiger partial charge on any atom is 0.337 e. The molecular weight excluding hydrogens is 257 g/mol. The molecule has 3 nitrogen and oxygen atoms in total. The van der Waals surface area contributed by atoms with Crippen molar-refractivity contribution in [2.75, 3.05) is 5.32 Å². The third-order valence-corrected chi connectivity index (χ3v) is 3.67. The zero-order chi connectivity index (χ0) is 14.1. The van der Waals surface area contributed by atoms with Crippen molar-refractivity contribution >= 4 is 11.7 Å². The Morgan fingerprint density at radius 3 is 2.85 bits per heavy atom. The summed E-state index contributed by atoms with van der Waals surface area (Å²) in [6, 6.07) is 11.6. The molecule has 0 spiro atoms. The summed E-state index contributed by atoms with van der Waals surface area (Å²) in [4.78, 5) is 11.2. The number of hydrogen-bond acceptors (Lipinski definition) is 2. The van der Waals surface area contributed by atoms with Crippen molar-refractivity contribution < 1.29 is 14.3 Å². The van der Waals surface area contributed by atoms with Crippen LogP contribution < -0.4 is 5.32 Å². The van der Waals surface area contributed by atoms with E-state index in [1.54, 1.807) is 36.4 Å². The van der Waals surface area contributed by atoms with E-state index in [-0.39, 0.29) is 17.4 Å². The van der Waals surface area contributed by atoms with Gasteiger partial charge in [0.25, 0.3) is 0 Å². The predicted molar refractivity (Wildman–Crippen MR) is 74.5 cm³/mol. The Hall–Kier alpha value is -2.36. The topological polar surface area (TPSA) is 49.3 Å². The third kappa shape index (κ3) is 2.25. The molecule has 0 saturated heterocycles. The molecule has 0 aromatic heterocycles. The van der Waals surface area contributed by atoms with Crippen LogP contribution >= 0.6 is 0 Å². The first-order chi connectivity index (χ1) is 9.65. The number of halogens is 1. The van der Waals surface area contributed by atoms with E-state index in [1.165, 1.54) is 6.07 Å².